The SMILES string of the molecule is CC1(NC(=O)CSc2nnc(Nc3ccc(OC(F)(F)F)cc3)s2)CCS(=O)(=O)C1. The molecule has 1 unspecified atom stereocenters. The third kappa shape index (κ3) is 6.74. The van der Waals surface area contributed by atoms with E-state index in [4.69, 9.17) is 0 Å². The van der Waals surface area contributed by atoms with Crippen LogP contribution >= 0.6 is 23.1 Å². The molecule has 0 bridgehead atoms. The number of benzene rings is 1. The van der Waals surface area contributed by atoms with Crippen LogP contribution in [0.2, 0.25) is 0 Å². The van der Waals surface area contributed by atoms with E-state index in [1.165, 1.54) is 35.6 Å². The molecule has 8 nitrogen and oxygen atoms in total. The summed E-state index contributed by atoms with van der Waals surface area (Å²) in [5.74, 6) is -0.601. The van der Waals surface area contributed by atoms with Crippen LogP contribution < -0.4 is 15.4 Å². The Bertz CT molecular complexity index is 1010. The van der Waals surface area contributed by atoms with Gasteiger partial charge in [0.15, 0.2) is 14.2 Å². The number of ether oxygens (including phenoxy) is 1. The molecule has 1 saturated heterocycles. The van der Waals surface area contributed by atoms with Crippen LogP contribution in [0.1, 0.15) is 13.3 Å². The van der Waals surface area contributed by atoms with Gasteiger partial charge in [0.2, 0.25) is 11.0 Å². The third-order valence-electron chi connectivity index (χ3n) is 4.02. The number of aromatic nitrogens is 2. The van der Waals surface area contributed by atoms with Crippen molar-refractivity contribution in [3.8, 4) is 5.75 Å². The Kier molecular flexibility index (Phi) is 6.48. The summed E-state index contributed by atoms with van der Waals surface area (Å²) in [4.78, 5) is 12.1. The largest absolute Gasteiger partial charge is 0.573 e. The number of nitrogens with zero attached hydrogens (tertiary/aromatic N) is 2. The zero-order chi connectivity index (χ0) is 22.0. The summed E-state index contributed by atoms with van der Waals surface area (Å²) in [6.45, 7) is 1.71. The van der Waals surface area contributed by atoms with Gasteiger partial charge in [0.25, 0.3) is 0 Å². The molecular formula is C16H17F3N4O4S3. The van der Waals surface area contributed by atoms with Crippen LogP contribution in [0.4, 0.5) is 24.0 Å². The van der Waals surface area contributed by atoms with Crippen LogP contribution in [-0.4, -0.2) is 53.7 Å². The zero-order valence-corrected chi connectivity index (χ0v) is 18.0. The van der Waals surface area contributed by atoms with Gasteiger partial charge in [0, 0.05) is 5.69 Å². The number of amides is 1. The van der Waals surface area contributed by atoms with Crippen molar-refractivity contribution < 1.29 is 31.1 Å². The van der Waals surface area contributed by atoms with Gasteiger partial charge in [-0.3, -0.25) is 4.79 Å². The molecule has 1 aromatic carbocycles. The van der Waals surface area contributed by atoms with E-state index in [0.29, 0.717) is 21.6 Å². The molecule has 0 saturated carbocycles. The molecule has 30 heavy (non-hydrogen) atoms. The van der Waals surface area contributed by atoms with E-state index in [0.717, 1.165) is 11.8 Å². The lowest BCUT2D eigenvalue weighted by atomic mass is 10.0. The molecule has 2 aromatic rings. The molecule has 164 valence electrons. The average Bonchev–Trinajstić information content (AvgIpc) is 3.17. The minimum Gasteiger partial charge on any atom is -0.406 e. The number of carbonyl (C=O) groups is 1. The number of hydrogen-bond acceptors (Lipinski definition) is 9. The smallest absolute Gasteiger partial charge is 0.406 e. The predicted molar refractivity (Wildman–Crippen MR) is 107 cm³/mol. The lowest BCUT2D eigenvalue weighted by molar-refractivity contribution is -0.274. The molecule has 1 aliphatic heterocycles. The van der Waals surface area contributed by atoms with E-state index in [1.807, 2.05) is 0 Å². The van der Waals surface area contributed by atoms with E-state index in [1.54, 1.807) is 6.92 Å². The van der Waals surface area contributed by atoms with Gasteiger partial charge in [-0.25, -0.2) is 8.42 Å². The summed E-state index contributed by atoms with van der Waals surface area (Å²) in [7, 11) is -3.12. The molecular weight excluding hydrogens is 465 g/mol. The highest BCUT2D eigenvalue weighted by atomic mass is 32.2. The highest BCUT2D eigenvalue weighted by molar-refractivity contribution is 8.01. The molecule has 0 spiro atoms. The lowest BCUT2D eigenvalue weighted by Crippen LogP contribution is -2.47. The van der Waals surface area contributed by atoms with Crippen LogP contribution in [0, 0.1) is 0 Å². The van der Waals surface area contributed by atoms with Crippen LogP contribution in [0.5, 0.6) is 5.75 Å². The summed E-state index contributed by atoms with van der Waals surface area (Å²) < 4.78 is 64.0. The van der Waals surface area contributed by atoms with Crippen molar-refractivity contribution in [1.29, 1.82) is 0 Å². The van der Waals surface area contributed by atoms with Crippen molar-refractivity contribution >= 4 is 49.7 Å². The quantitative estimate of drug-likeness (QED) is 0.580. The van der Waals surface area contributed by atoms with E-state index in [9.17, 15) is 26.4 Å². The Morgan fingerprint density at radius 3 is 2.60 bits per heavy atom. The molecule has 0 aliphatic carbocycles. The molecule has 2 N–H and O–H groups in total. The molecule has 0 radical (unpaired) electrons. The predicted octanol–water partition coefficient (Wildman–Crippen LogP) is 2.97. The lowest BCUT2D eigenvalue weighted by Gasteiger charge is -2.23. The molecule has 1 atom stereocenters. The van der Waals surface area contributed by atoms with Crippen molar-refractivity contribution in [3.05, 3.63) is 24.3 Å². The topological polar surface area (TPSA) is 110 Å². The summed E-state index contributed by atoms with van der Waals surface area (Å²) >= 11 is 2.32. The number of hydrogen-bond donors (Lipinski definition) is 2. The number of alkyl halides is 3. The van der Waals surface area contributed by atoms with E-state index < -0.39 is 21.7 Å². The fourth-order valence-electron chi connectivity index (χ4n) is 2.79. The zero-order valence-electron chi connectivity index (χ0n) is 15.5. The average molecular weight is 483 g/mol. The fraction of sp³-hybridized carbons (Fsp3) is 0.438. The number of carbonyl (C=O) groups excluding carboxylic acids is 1. The third-order valence-corrected chi connectivity index (χ3v) is 7.89. The van der Waals surface area contributed by atoms with Gasteiger partial charge in [0.05, 0.1) is 22.8 Å². The van der Waals surface area contributed by atoms with Crippen molar-refractivity contribution in [2.75, 3.05) is 22.6 Å². The van der Waals surface area contributed by atoms with Crippen LogP contribution in [0.15, 0.2) is 28.6 Å². The second-order valence-corrected chi connectivity index (χ2v) is 11.2. The van der Waals surface area contributed by atoms with Gasteiger partial charge < -0.3 is 15.4 Å². The Morgan fingerprint density at radius 1 is 1.30 bits per heavy atom. The molecule has 1 fully saturated rings. The fourth-order valence-corrected chi connectivity index (χ4v) is 6.46. The molecule has 1 aliphatic rings. The first-order valence-corrected chi connectivity index (χ1v) is 12.1. The minimum absolute atomic E-state index is 0.0494. The molecule has 1 aromatic heterocycles. The van der Waals surface area contributed by atoms with Crippen molar-refractivity contribution in [3.63, 3.8) is 0 Å². The second-order valence-electron chi connectivity index (χ2n) is 6.81. The number of rotatable bonds is 7. The summed E-state index contributed by atoms with van der Waals surface area (Å²) in [5, 5.41) is 13.9. The van der Waals surface area contributed by atoms with Crippen molar-refractivity contribution in [2.45, 2.75) is 29.6 Å². The number of nitrogens with one attached hydrogen (secondary N) is 2. The first kappa shape index (κ1) is 22.6. The van der Waals surface area contributed by atoms with Gasteiger partial charge in [-0.05, 0) is 37.6 Å². The van der Waals surface area contributed by atoms with Gasteiger partial charge >= 0.3 is 6.36 Å². The van der Waals surface area contributed by atoms with E-state index in [-0.39, 0.29) is 28.9 Å². The molecule has 3 rings (SSSR count). The number of anilines is 2. The maximum absolute atomic E-state index is 12.2. The van der Waals surface area contributed by atoms with Crippen molar-refractivity contribution in [2.24, 2.45) is 0 Å². The monoisotopic (exact) mass is 482 g/mol. The highest BCUT2D eigenvalue weighted by Crippen LogP contribution is 2.30. The van der Waals surface area contributed by atoms with Crippen LogP contribution in [0.25, 0.3) is 0 Å². The maximum atomic E-state index is 12.2. The van der Waals surface area contributed by atoms with E-state index in [2.05, 4.69) is 25.6 Å². The van der Waals surface area contributed by atoms with Gasteiger partial charge in [-0.15, -0.1) is 23.4 Å². The molecule has 1 amide bonds. The Balaban J connectivity index is 1.49. The minimum atomic E-state index is -4.75. The number of thioether (sulfide) groups is 1. The standard InChI is InChI=1S/C16H17F3N4O4S3/c1-15(6-7-30(25,26)9-15)21-12(24)8-28-14-23-22-13(29-14)20-10-2-4-11(5-3-10)27-16(17,18)19/h2-5H,6-9H2,1H3,(H,20,22)(H,21,24). The summed E-state index contributed by atoms with van der Waals surface area (Å²) in [6, 6.07) is 5.14. The second kappa shape index (κ2) is 8.59. The normalized spacial score (nSPS) is 20.7. The molecule has 14 heteroatoms. The van der Waals surface area contributed by atoms with Crippen LogP contribution in [0.3, 0.4) is 0 Å². The highest BCUT2D eigenvalue weighted by Gasteiger charge is 2.39. The maximum Gasteiger partial charge on any atom is 0.573 e. The first-order valence-electron chi connectivity index (χ1n) is 8.52. The van der Waals surface area contributed by atoms with Crippen molar-refractivity contribution in [1.82, 2.24) is 15.5 Å². The van der Waals surface area contributed by atoms with Gasteiger partial charge in [-0.1, -0.05) is 23.1 Å². The van der Waals surface area contributed by atoms with Crippen LogP contribution in [-0.2, 0) is 14.6 Å². The van der Waals surface area contributed by atoms with E-state index >= 15 is 0 Å². The number of halogens is 3. The first-order chi connectivity index (χ1) is 13.9. The Morgan fingerprint density at radius 2 is 2.00 bits per heavy atom. The summed E-state index contributed by atoms with van der Waals surface area (Å²) in [5.41, 5.74) is -0.267. The Labute approximate surface area is 178 Å². The van der Waals surface area contributed by atoms with Gasteiger partial charge in [-0.2, -0.15) is 0 Å². The molecule has 2 heterocycles. The number of sulfone groups is 1. The Hall–Kier alpha value is -2.06. The van der Waals surface area contributed by atoms with Gasteiger partial charge in [0.1, 0.15) is 5.75 Å². The summed E-state index contributed by atoms with van der Waals surface area (Å²) in [6.07, 6.45) is -4.37.